The van der Waals surface area contributed by atoms with Gasteiger partial charge in [-0.3, -0.25) is 9.67 Å². The highest BCUT2D eigenvalue weighted by Gasteiger charge is 2.14. The van der Waals surface area contributed by atoms with Crippen LogP contribution in [0.5, 0.6) is 0 Å². The summed E-state index contributed by atoms with van der Waals surface area (Å²) in [7, 11) is 5.83. The Morgan fingerprint density at radius 2 is 2.23 bits per heavy atom. The molecule has 0 atom stereocenters. The predicted octanol–water partition coefficient (Wildman–Crippen LogP) is 1.98. The molecule has 1 aromatic rings. The van der Waals surface area contributed by atoms with Crippen molar-refractivity contribution in [2.75, 3.05) is 33.9 Å². The van der Waals surface area contributed by atoms with Crippen LogP contribution in [-0.4, -0.2) is 54.5 Å². The average molecular weight is 309 g/mol. The summed E-state index contributed by atoms with van der Waals surface area (Å²) >= 11 is 0. The molecule has 0 amide bonds. The summed E-state index contributed by atoms with van der Waals surface area (Å²) in [6.07, 6.45) is 3.07. The van der Waals surface area contributed by atoms with E-state index in [-0.39, 0.29) is 0 Å². The molecular formula is C16H31N5O. The molecule has 0 fully saturated rings. The molecule has 22 heavy (non-hydrogen) atoms. The Labute approximate surface area is 134 Å². The molecule has 0 aliphatic carbocycles. The van der Waals surface area contributed by atoms with Crippen molar-refractivity contribution >= 4 is 5.96 Å². The monoisotopic (exact) mass is 309 g/mol. The van der Waals surface area contributed by atoms with Gasteiger partial charge < -0.3 is 15.0 Å². The summed E-state index contributed by atoms with van der Waals surface area (Å²) in [4.78, 5) is 6.48. The standard InChI is InChI=1S/C16H31N5O/c1-7-22-10-8-9-18-16(17-4)20(5)11-14-12-21(6)19-15(14)13(2)3/h12-13H,7-11H2,1-6H3,(H,17,18). The quantitative estimate of drug-likeness (QED) is 0.453. The molecule has 0 saturated carbocycles. The van der Waals surface area contributed by atoms with E-state index in [1.165, 1.54) is 5.56 Å². The molecule has 6 nitrogen and oxygen atoms in total. The van der Waals surface area contributed by atoms with E-state index < -0.39 is 0 Å². The molecule has 0 aliphatic rings. The van der Waals surface area contributed by atoms with Gasteiger partial charge in [0, 0.05) is 59.2 Å². The van der Waals surface area contributed by atoms with Crippen LogP contribution in [0.25, 0.3) is 0 Å². The number of ether oxygens (including phenoxy) is 1. The van der Waals surface area contributed by atoms with Crippen LogP contribution in [0.3, 0.4) is 0 Å². The van der Waals surface area contributed by atoms with Crippen LogP contribution in [0.4, 0.5) is 0 Å². The van der Waals surface area contributed by atoms with E-state index in [0.29, 0.717) is 5.92 Å². The lowest BCUT2D eigenvalue weighted by Crippen LogP contribution is -2.39. The maximum absolute atomic E-state index is 5.35. The summed E-state index contributed by atoms with van der Waals surface area (Å²) in [6.45, 7) is 9.57. The number of hydrogen-bond acceptors (Lipinski definition) is 3. The van der Waals surface area contributed by atoms with Crippen molar-refractivity contribution in [2.24, 2.45) is 12.0 Å². The zero-order valence-electron chi connectivity index (χ0n) is 14.9. The van der Waals surface area contributed by atoms with Crippen LogP contribution < -0.4 is 5.32 Å². The van der Waals surface area contributed by atoms with Crippen molar-refractivity contribution in [3.63, 3.8) is 0 Å². The summed E-state index contributed by atoms with van der Waals surface area (Å²) in [5, 5.41) is 7.93. The number of guanidine groups is 1. The third kappa shape index (κ3) is 5.67. The Balaban J connectivity index is 2.56. The molecule has 6 heteroatoms. The Kier molecular flexibility index (Phi) is 7.95. The molecule has 1 N–H and O–H groups in total. The third-order valence-corrected chi connectivity index (χ3v) is 3.42. The van der Waals surface area contributed by atoms with Crippen LogP contribution in [0, 0.1) is 0 Å². The largest absolute Gasteiger partial charge is 0.382 e. The summed E-state index contributed by atoms with van der Waals surface area (Å²) < 4.78 is 7.23. The molecule has 1 rings (SSSR count). The number of aliphatic imine (C=N–C) groups is 1. The SMILES string of the molecule is CCOCCCNC(=NC)N(C)Cc1cn(C)nc1C(C)C. The van der Waals surface area contributed by atoms with Gasteiger partial charge in [-0.15, -0.1) is 0 Å². The number of aryl methyl sites for hydroxylation is 1. The summed E-state index contributed by atoms with van der Waals surface area (Å²) in [6, 6.07) is 0. The maximum atomic E-state index is 5.35. The Hall–Kier alpha value is -1.56. The average Bonchev–Trinajstić information content (AvgIpc) is 2.83. The van der Waals surface area contributed by atoms with E-state index in [1.807, 2.05) is 25.7 Å². The molecule has 0 unspecified atom stereocenters. The normalized spacial score (nSPS) is 12.0. The van der Waals surface area contributed by atoms with Crippen LogP contribution in [-0.2, 0) is 18.3 Å². The highest BCUT2D eigenvalue weighted by molar-refractivity contribution is 5.79. The fraction of sp³-hybridized carbons (Fsp3) is 0.750. The van der Waals surface area contributed by atoms with Gasteiger partial charge in [-0.2, -0.15) is 5.10 Å². The number of aromatic nitrogens is 2. The smallest absolute Gasteiger partial charge is 0.193 e. The lowest BCUT2D eigenvalue weighted by atomic mass is 10.1. The molecule has 0 radical (unpaired) electrons. The summed E-state index contributed by atoms with van der Waals surface area (Å²) in [5.74, 6) is 1.32. The molecule has 0 spiro atoms. The molecule has 126 valence electrons. The van der Waals surface area contributed by atoms with Gasteiger partial charge in [-0.05, 0) is 19.3 Å². The van der Waals surface area contributed by atoms with Gasteiger partial charge in [0.15, 0.2) is 5.96 Å². The van der Waals surface area contributed by atoms with E-state index in [2.05, 4.69) is 47.4 Å². The van der Waals surface area contributed by atoms with E-state index >= 15 is 0 Å². The van der Waals surface area contributed by atoms with Gasteiger partial charge in [-0.25, -0.2) is 0 Å². The van der Waals surface area contributed by atoms with E-state index in [4.69, 9.17) is 4.74 Å². The van der Waals surface area contributed by atoms with E-state index in [0.717, 1.165) is 44.4 Å². The minimum Gasteiger partial charge on any atom is -0.382 e. The Morgan fingerprint density at radius 1 is 1.50 bits per heavy atom. The fourth-order valence-electron chi connectivity index (χ4n) is 2.40. The third-order valence-electron chi connectivity index (χ3n) is 3.42. The van der Waals surface area contributed by atoms with Gasteiger partial charge in [0.05, 0.1) is 5.69 Å². The predicted molar refractivity (Wildman–Crippen MR) is 91.2 cm³/mol. The van der Waals surface area contributed by atoms with Crippen LogP contribution in [0.2, 0.25) is 0 Å². The van der Waals surface area contributed by atoms with Crippen LogP contribution in [0.15, 0.2) is 11.2 Å². The second kappa shape index (κ2) is 9.46. The topological polar surface area (TPSA) is 54.7 Å². The molecule has 1 heterocycles. The first-order valence-corrected chi connectivity index (χ1v) is 8.01. The minimum absolute atomic E-state index is 0.422. The zero-order chi connectivity index (χ0) is 16.5. The van der Waals surface area contributed by atoms with Crippen molar-refractivity contribution in [3.8, 4) is 0 Å². The molecule has 0 saturated heterocycles. The number of rotatable bonds is 8. The van der Waals surface area contributed by atoms with E-state index in [9.17, 15) is 0 Å². The molecule has 0 aliphatic heterocycles. The number of hydrogen-bond donors (Lipinski definition) is 1. The van der Waals surface area contributed by atoms with Crippen molar-refractivity contribution in [1.82, 2.24) is 20.0 Å². The second-order valence-electron chi connectivity index (χ2n) is 5.75. The van der Waals surface area contributed by atoms with Gasteiger partial charge in [-0.1, -0.05) is 13.8 Å². The van der Waals surface area contributed by atoms with Crippen LogP contribution in [0.1, 0.15) is 44.4 Å². The van der Waals surface area contributed by atoms with Gasteiger partial charge in [0.1, 0.15) is 0 Å². The maximum Gasteiger partial charge on any atom is 0.193 e. The van der Waals surface area contributed by atoms with Crippen LogP contribution >= 0.6 is 0 Å². The number of nitrogens with one attached hydrogen (secondary N) is 1. The fourth-order valence-corrected chi connectivity index (χ4v) is 2.40. The first-order valence-electron chi connectivity index (χ1n) is 8.01. The van der Waals surface area contributed by atoms with Crippen molar-refractivity contribution in [1.29, 1.82) is 0 Å². The van der Waals surface area contributed by atoms with E-state index in [1.54, 1.807) is 0 Å². The zero-order valence-corrected chi connectivity index (χ0v) is 14.9. The molecule has 0 aromatic carbocycles. The number of nitrogens with zero attached hydrogens (tertiary/aromatic N) is 4. The Morgan fingerprint density at radius 3 is 2.82 bits per heavy atom. The summed E-state index contributed by atoms with van der Waals surface area (Å²) in [5.41, 5.74) is 2.40. The first-order chi connectivity index (χ1) is 10.5. The van der Waals surface area contributed by atoms with Gasteiger partial charge in [0.25, 0.3) is 0 Å². The highest BCUT2D eigenvalue weighted by atomic mass is 16.5. The van der Waals surface area contributed by atoms with Crippen molar-refractivity contribution in [2.45, 2.75) is 39.7 Å². The van der Waals surface area contributed by atoms with Gasteiger partial charge in [0.2, 0.25) is 0 Å². The highest BCUT2D eigenvalue weighted by Crippen LogP contribution is 2.18. The molecule has 0 bridgehead atoms. The molecule has 1 aromatic heterocycles. The van der Waals surface area contributed by atoms with Crippen molar-refractivity contribution < 1.29 is 4.74 Å². The lowest BCUT2D eigenvalue weighted by Gasteiger charge is -2.22. The Bertz CT molecular complexity index is 467. The van der Waals surface area contributed by atoms with Gasteiger partial charge >= 0.3 is 0 Å². The molecular weight excluding hydrogens is 278 g/mol. The lowest BCUT2D eigenvalue weighted by molar-refractivity contribution is 0.145. The first kappa shape index (κ1) is 18.5. The van der Waals surface area contributed by atoms with Crippen molar-refractivity contribution in [3.05, 3.63) is 17.5 Å². The minimum atomic E-state index is 0.422. The second-order valence-corrected chi connectivity index (χ2v) is 5.75.